The molecule has 1 heterocycles. The van der Waals surface area contributed by atoms with Gasteiger partial charge in [0, 0.05) is 17.7 Å². The zero-order valence-corrected chi connectivity index (χ0v) is 21.3. The number of anilines is 2. The maximum Gasteiger partial charge on any atom is 0.163 e. The topological polar surface area (TPSA) is 59.6 Å². The van der Waals surface area contributed by atoms with E-state index in [1.54, 1.807) is 7.11 Å². The van der Waals surface area contributed by atoms with Crippen LogP contribution in [0.25, 0.3) is 0 Å². The Morgan fingerprint density at radius 1 is 0.737 bits per heavy atom. The van der Waals surface area contributed by atoms with Crippen LogP contribution in [0.2, 0.25) is 0 Å². The lowest BCUT2D eigenvalue weighted by molar-refractivity contribution is -0.116. The molecule has 0 spiro atoms. The van der Waals surface area contributed by atoms with Crippen molar-refractivity contribution in [2.75, 3.05) is 17.7 Å². The van der Waals surface area contributed by atoms with Crippen LogP contribution in [0.5, 0.6) is 11.5 Å². The molecular formula is C33H30N2O3. The summed E-state index contributed by atoms with van der Waals surface area (Å²) in [5.74, 6) is 1.89. The van der Waals surface area contributed by atoms with Crippen LogP contribution in [-0.4, -0.2) is 12.9 Å². The number of benzene rings is 4. The Morgan fingerprint density at radius 3 is 2.13 bits per heavy atom. The molecule has 4 aromatic carbocycles. The quantitative estimate of drug-likeness (QED) is 0.291. The molecule has 190 valence electrons. The van der Waals surface area contributed by atoms with E-state index in [-0.39, 0.29) is 17.7 Å². The van der Waals surface area contributed by atoms with Gasteiger partial charge in [-0.3, -0.25) is 4.79 Å². The lowest BCUT2D eigenvalue weighted by Crippen LogP contribution is -2.26. The Balaban J connectivity index is 1.30. The highest BCUT2D eigenvalue weighted by molar-refractivity contribution is 6.01. The summed E-state index contributed by atoms with van der Waals surface area (Å²) < 4.78 is 11.3. The molecule has 0 fully saturated rings. The van der Waals surface area contributed by atoms with Crippen LogP contribution in [0.3, 0.4) is 0 Å². The standard InChI is InChI=1S/C33H30N2O3/c1-37-26-15-11-23(12-16-26)25-19-30-32(31(36)20-25)33(35-29-10-6-5-9-28(29)34-30)24-13-17-27(18-14-24)38-21-22-7-3-2-4-8-22/h2-18,25,33-35H,19-21H2,1H3/t25-,33+/m0/s1. The monoisotopic (exact) mass is 502 g/mol. The molecule has 5 heteroatoms. The van der Waals surface area contributed by atoms with Gasteiger partial charge < -0.3 is 20.1 Å². The van der Waals surface area contributed by atoms with E-state index < -0.39 is 0 Å². The predicted octanol–water partition coefficient (Wildman–Crippen LogP) is 7.25. The zero-order valence-electron chi connectivity index (χ0n) is 21.3. The van der Waals surface area contributed by atoms with Crippen LogP contribution in [0, 0.1) is 0 Å². The first-order valence-electron chi connectivity index (χ1n) is 13.0. The molecule has 0 saturated heterocycles. The van der Waals surface area contributed by atoms with Crippen LogP contribution in [0.4, 0.5) is 11.4 Å². The minimum absolute atomic E-state index is 0.110. The molecule has 0 unspecified atom stereocenters. The molecule has 0 saturated carbocycles. The van der Waals surface area contributed by atoms with Crippen LogP contribution in [0.1, 0.15) is 41.5 Å². The van der Waals surface area contributed by atoms with Crippen LogP contribution in [-0.2, 0) is 11.4 Å². The number of ketones is 1. The summed E-state index contributed by atoms with van der Waals surface area (Å²) >= 11 is 0. The molecular weight excluding hydrogens is 472 g/mol. The largest absolute Gasteiger partial charge is 0.497 e. The van der Waals surface area contributed by atoms with E-state index >= 15 is 0 Å². The van der Waals surface area contributed by atoms with Crippen molar-refractivity contribution in [2.24, 2.45) is 0 Å². The number of para-hydroxylation sites is 2. The lowest BCUT2D eigenvalue weighted by atomic mass is 9.78. The molecule has 0 radical (unpaired) electrons. The summed E-state index contributed by atoms with van der Waals surface area (Å²) in [6.07, 6.45) is 1.23. The first-order valence-corrected chi connectivity index (χ1v) is 13.0. The Bertz CT molecular complexity index is 1460. The minimum Gasteiger partial charge on any atom is -0.497 e. The molecule has 2 aliphatic rings. The Morgan fingerprint density at radius 2 is 1.39 bits per heavy atom. The average molecular weight is 503 g/mol. The maximum absolute atomic E-state index is 13.8. The van der Waals surface area contributed by atoms with Crippen molar-refractivity contribution in [3.05, 3.63) is 131 Å². The maximum atomic E-state index is 13.8. The van der Waals surface area contributed by atoms with Gasteiger partial charge in [0.25, 0.3) is 0 Å². The highest BCUT2D eigenvalue weighted by atomic mass is 16.5. The summed E-state index contributed by atoms with van der Waals surface area (Å²) in [4.78, 5) is 13.8. The smallest absolute Gasteiger partial charge is 0.163 e. The van der Waals surface area contributed by atoms with Crippen LogP contribution < -0.4 is 20.1 Å². The van der Waals surface area contributed by atoms with Gasteiger partial charge in [-0.15, -0.1) is 0 Å². The number of carbonyl (C=O) groups excluding carboxylic acids is 1. The number of hydrogen-bond acceptors (Lipinski definition) is 5. The SMILES string of the molecule is COc1ccc([C@@H]2CC(=O)C3=C(C2)Nc2ccccc2N[C@@H]3c2ccc(OCc3ccccc3)cc2)cc1. The number of hydrogen-bond donors (Lipinski definition) is 2. The van der Waals surface area contributed by atoms with Crippen molar-refractivity contribution in [1.29, 1.82) is 0 Å². The second-order valence-corrected chi connectivity index (χ2v) is 9.78. The second kappa shape index (κ2) is 10.5. The van der Waals surface area contributed by atoms with Gasteiger partial charge in [0.1, 0.15) is 18.1 Å². The van der Waals surface area contributed by atoms with Crippen LogP contribution in [0.15, 0.2) is 114 Å². The number of ether oxygens (including phenoxy) is 2. The summed E-state index contributed by atoms with van der Waals surface area (Å²) in [6, 6.07) is 34.1. The van der Waals surface area contributed by atoms with Gasteiger partial charge in [-0.1, -0.05) is 66.7 Å². The van der Waals surface area contributed by atoms with Crippen molar-refractivity contribution < 1.29 is 14.3 Å². The minimum atomic E-state index is -0.256. The summed E-state index contributed by atoms with van der Waals surface area (Å²) in [5.41, 5.74) is 7.05. The lowest BCUT2D eigenvalue weighted by Gasteiger charge is -2.30. The Kier molecular flexibility index (Phi) is 6.57. The first kappa shape index (κ1) is 23.9. The highest BCUT2D eigenvalue weighted by Crippen LogP contribution is 2.44. The van der Waals surface area contributed by atoms with Crippen molar-refractivity contribution >= 4 is 17.2 Å². The van der Waals surface area contributed by atoms with E-state index in [1.165, 1.54) is 0 Å². The third kappa shape index (κ3) is 4.88. The molecule has 0 amide bonds. The van der Waals surface area contributed by atoms with Crippen molar-refractivity contribution in [3.8, 4) is 11.5 Å². The van der Waals surface area contributed by atoms with E-state index in [4.69, 9.17) is 9.47 Å². The molecule has 4 aromatic rings. The fourth-order valence-corrected chi connectivity index (χ4v) is 5.35. The number of methoxy groups -OCH3 is 1. The molecule has 6 rings (SSSR count). The van der Waals surface area contributed by atoms with E-state index in [1.807, 2.05) is 54.6 Å². The highest BCUT2D eigenvalue weighted by Gasteiger charge is 2.36. The normalized spacial score (nSPS) is 18.4. The van der Waals surface area contributed by atoms with Crippen molar-refractivity contribution in [3.63, 3.8) is 0 Å². The number of Topliss-reactive ketones (excluding diaryl/α,β-unsaturated/α-hetero) is 1. The van der Waals surface area contributed by atoms with E-state index in [2.05, 4.69) is 59.2 Å². The van der Waals surface area contributed by atoms with Gasteiger partial charge in [0.2, 0.25) is 0 Å². The van der Waals surface area contributed by atoms with Gasteiger partial charge in [0.15, 0.2) is 5.78 Å². The number of carbonyl (C=O) groups is 1. The van der Waals surface area contributed by atoms with E-state index in [0.717, 1.165) is 57.3 Å². The third-order valence-corrected chi connectivity index (χ3v) is 7.36. The Hall–Kier alpha value is -4.51. The van der Waals surface area contributed by atoms with Gasteiger partial charge in [0.05, 0.1) is 24.5 Å². The fraction of sp³-hybridized carbons (Fsp3) is 0.182. The first-order chi connectivity index (χ1) is 18.7. The molecule has 0 aromatic heterocycles. The van der Waals surface area contributed by atoms with Crippen molar-refractivity contribution in [2.45, 2.75) is 31.4 Å². The van der Waals surface area contributed by atoms with Gasteiger partial charge in [-0.25, -0.2) is 0 Å². The van der Waals surface area contributed by atoms with E-state index in [9.17, 15) is 4.79 Å². The number of allylic oxidation sites excluding steroid dienone is 1. The van der Waals surface area contributed by atoms with Gasteiger partial charge in [-0.2, -0.15) is 0 Å². The van der Waals surface area contributed by atoms with Crippen LogP contribution >= 0.6 is 0 Å². The predicted molar refractivity (Wildman–Crippen MR) is 151 cm³/mol. The number of fused-ring (bicyclic) bond motifs is 1. The molecule has 38 heavy (non-hydrogen) atoms. The molecule has 2 N–H and O–H groups in total. The average Bonchev–Trinajstić information content (AvgIpc) is 3.14. The molecule has 5 nitrogen and oxygen atoms in total. The van der Waals surface area contributed by atoms with Gasteiger partial charge >= 0.3 is 0 Å². The molecule has 1 aliphatic carbocycles. The third-order valence-electron chi connectivity index (χ3n) is 7.36. The summed E-state index contributed by atoms with van der Waals surface area (Å²) in [6.45, 7) is 0.514. The summed E-state index contributed by atoms with van der Waals surface area (Å²) in [7, 11) is 1.66. The molecule has 0 bridgehead atoms. The molecule has 1 aliphatic heterocycles. The van der Waals surface area contributed by atoms with E-state index in [0.29, 0.717) is 13.0 Å². The second-order valence-electron chi connectivity index (χ2n) is 9.78. The number of rotatable bonds is 6. The van der Waals surface area contributed by atoms with Crippen molar-refractivity contribution in [1.82, 2.24) is 0 Å². The Labute approximate surface area is 223 Å². The summed E-state index contributed by atoms with van der Waals surface area (Å²) in [5, 5.41) is 7.26. The molecule has 2 atom stereocenters. The zero-order chi connectivity index (χ0) is 25.9. The fourth-order valence-electron chi connectivity index (χ4n) is 5.35. The van der Waals surface area contributed by atoms with Gasteiger partial charge in [-0.05, 0) is 65.4 Å². The number of nitrogens with one attached hydrogen (secondary N) is 2.